The van der Waals surface area contributed by atoms with Gasteiger partial charge in [0.1, 0.15) is 11.6 Å². The largest absolute Gasteiger partial charge is 0.497 e. The minimum Gasteiger partial charge on any atom is -0.497 e. The van der Waals surface area contributed by atoms with Gasteiger partial charge in [-0.1, -0.05) is 12.1 Å². The van der Waals surface area contributed by atoms with Gasteiger partial charge in [-0.3, -0.25) is 9.52 Å². The van der Waals surface area contributed by atoms with Crippen LogP contribution in [0.25, 0.3) is 0 Å². The van der Waals surface area contributed by atoms with Gasteiger partial charge in [0.15, 0.2) is 0 Å². The fourth-order valence-corrected chi connectivity index (χ4v) is 5.13. The molecule has 1 aliphatic heterocycles. The number of amides is 1. The number of nitrogens with one attached hydrogen (secondary N) is 1. The summed E-state index contributed by atoms with van der Waals surface area (Å²) in [6, 6.07) is 18.9. The number of carbonyl (C=O) groups is 1. The number of methoxy groups -OCH3 is 1. The van der Waals surface area contributed by atoms with Crippen molar-refractivity contribution in [3.63, 3.8) is 0 Å². The first-order valence-corrected chi connectivity index (χ1v) is 12.2. The van der Waals surface area contributed by atoms with E-state index in [1.165, 1.54) is 43.5 Å². The predicted octanol–water partition coefficient (Wildman–Crippen LogP) is 4.48. The zero-order valence-electron chi connectivity index (χ0n) is 18.2. The molecule has 0 aromatic heterocycles. The molecule has 6 nitrogen and oxygen atoms in total. The molecule has 0 saturated carbocycles. The fourth-order valence-electron chi connectivity index (χ4n) is 4.07. The van der Waals surface area contributed by atoms with Gasteiger partial charge in [0.2, 0.25) is 0 Å². The van der Waals surface area contributed by atoms with Crippen LogP contribution in [0.2, 0.25) is 0 Å². The molecular weight excluding hydrogens is 443 g/mol. The van der Waals surface area contributed by atoms with Gasteiger partial charge in [-0.25, -0.2) is 12.8 Å². The molecule has 1 amide bonds. The monoisotopic (exact) mass is 468 g/mol. The molecule has 0 aliphatic carbocycles. The summed E-state index contributed by atoms with van der Waals surface area (Å²) in [6.07, 6.45) is 2.31. The van der Waals surface area contributed by atoms with Gasteiger partial charge >= 0.3 is 0 Å². The molecule has 0 bridgehead atoms. The summed E-state index contributed by atoms with van der Waals surface area (Å²) in [5.74, 6) is 0.183. The third-order valence-corrected chi connectivity index (χ3v) is 7.15. The lowest BCUT2D eigenvalue weighted by Gasteiger charge is -2.25. The van der Waals surface area contributed by atoms with Gasteiger partial charge in [-0.2, -0.15) is 0 Å². The van der Waals surface area contributed by atoms with Crippen LogP contribution in [0.3, 0.4) is 0 Å². The van der Waals surface area contributed by atoms with Crippen LogP contribution >= 0.6 is 0 Å². The van der Waals surface area contributed by atoms with Crippen molar-refractivity contribution in [1.82, 2.24) is 4.90 Å². The molecular formula is C25H25FN2O4S. The van der Waals surface area contributed by atoms with E-state index >= 15 is 0 Å². The van der Waals surface area contributed by atoms with E-state index in [4.69, 9.17) is 4.74 Å². The van der Waals surface area contributed by atoms with Crippen molar-refractivity contribution >= 4 is 21.6 Å². The Kier molecular flexibility index (Phi) is 6.65. The Labute approximate surface area is 193 Å². The number of benzene rings is 3. The van der Waals surface area contributed by atoms with Crippen LogP contribution in [-0.2, 0) is 16.4 Å². The number of sulfonamides is 1. The Hall–Kier alpha value is -3.39. The second-order valence-corrected chi connectivity index (χ2v) is 9.67. The number of hydrogen-bond donors (Lipinski definition) is 1. The lowest BCUT2D eigenvalue weighted by atomic mass is 10.0. The number of anilines is 1. The first-order valence-electron chi connectivity index (χ1n) is 10.7. The number of hydrogen-bond acceptors (Lipinski definition) is 4. The zero-order valence-corrected chi connectivity index (χ0v) is 19.0. The third-order valence-electron chi connectivity index (χ3n) is 5.75. The van der Waals surface area contributed by atoms with Crippen LogP contribution < -0.4 is 9.46 Å². The summed E-state index contributed by atoms with van der Waals surface area (Å²) in [4.78, 5) is 15.0. The topological polar surface area (TPSA) is 75.7 Å². The van der Waals surface area contributed by atoms with E-state index in [1.54, 1.807) is 35.2 Å². The molecule has 33 heavy (non-hydrogen) atoms. The highest BCUT2D eigenvalue weighted by Crippen LogP contribution is 2.25. The van der Waals surface area contributed by atoms with Gasteiger partial charge in [0, 0.05) is 23.8 Å². The first kappa shape index (κ1) is 22.8. The standard InChI is InChI=1S/C25H25FN2O4S/c1-32-23-11-9-21(10-12-23)27-33(30,31)24-13-7-19(8-14-24)25(29)28-15-3-6-22(28)17-18-4-2-5-20(26)16-18/h2,4-5,7-14,16,22,27H,3,6,15,17H2,1H3. The van der Waals surface area contributed by atoms with Crippen LogP contribution in [0.4, 0.5) is 10.1 Å². The molecule has 1 saturated heterocycles. The van der Waals surface area contributed by atoms with Crippen molar-refractivity contribution in [2.45, 2.75) is 30.2 Å². The van der Waals surface area contributed by atoms with Crippen molar-refractivity contribution in [2.75, 3.05) is 18.4 Å². The molecule has 1 N–H and O–H groups in total. The van der Waals surface area contributed by atoms with E-state index in [0.29, 0.717) is 30.0 Å². The van der Waals surface area contributed by atoms with Crippen molar-refractivity contribution in [2.24, 2.45) is 0 Å². The SMILES string of the molecule is COc1ccc(NS(=O)(=O)c2ccc(C(=O)N3CCCC3Cc3cccc(F)c3)cc2)cc1. The van der Waals surface area contributed by atoms with Crippen LogP contribution in [0.1, 0.15) is 28.8 Å². The van der Waals surface area contributed by atoms with Gasteiger partial charge in [-0.15, -0.1) is 0 Å². The number of halogens is 1. The highest BCUT2D eigenvalue weighted by atomic mass is 32.2. The summed E-state index contributed by atoms with van der Waals surface area (Å²) in [6.45, 7) is 0.623. The summed E-state index contributed by atoms with van der Waals surface area (Å²) < 4.78 is 46.5. The molecule has 0 radical (unpaired) electrons. The van der Waals surface area contributed by atoms with E-state index in [9.17, 15) is 17.6 Å². The fraction of sp³-hybridized carbons (Fsp3) is 0.240. The van der Waals surface area contributed by atoms with Crippen molar-refractivity contribution in [1.29, 1.82) is 0 Å². The van der Waals surface area contributed by atoms with Crippen LogP contribution in [0.15, 0.2) is 77.7 Å². The lowest BCUT2D eigenvalue weighted by Crippen LogP contribution is -2.36. The number of rotatable bonds is 7. The van der Waals surface area contributed by atoms with Crippen LogP contribution in [0.5, 0.6) is 5.75 Å². The highest BCUT2D eigenvalue weighted by molar-refractivity contribution is 7.92. The van der Waals surface area contributed by atoms with Gasteiger partial charge in [-0.05, 0) is 85.5 Å². The highest BCUT2D eigenvalue weighted by Gasteiger charge is 2.29. The molecule has 1 unspecified atom stereocenters. The van der Waals surface area contributed by atoms with E-state index in [2.05, 4.69) is 4.72 Å². The molecule has 1 fully saturated rings. The van der Waals surface area contributed by atoms with E-state index in [0.717, 1.165) is 18.4 Å². The Morgan fingerprint density at radius 1 is 1.09 bits per heavy atom. The molecule has 8 heteroatoms. The average Bonchev–Trinajstić information content (AvgIpc) is 3.27. The second-order valence-electron chi connectivity index (χ2n) is 7.99. The Balaban J connectivity index is 1.45. The van der Waals surface area contributed by atoms with Gasteiger partial charge in [0.25, 0.3) is 15.9 Å². The third kappa shape index (κ3) is 5.34. The number of ether oxygens (including phenoxy) is 1. The van der Waals surface area contributed by atoms with Crippen molar-refractivity contribution < 1.29 is 22.3 Å². The Morgan fingerprint density at radius 3 is 2.48 bits per heavy atom. The number of nitrogens with zero attached hydrogens (tertiary/aromatic N) is 1. The molecule has 1 atom stereocenters. The molecule has 3 aromatic carbocycles. The number of likely N-dealkylation sites (tertiary alicyclic amines) is 1. The quantitative estimate of drug-likeness (QED) is 0.555. The van der Waals surface area contributed by atoms with Gasteiger partial charge in [0.05, 0.1) is 12.0 Å². The molecule has 1 heterocycles. The summed E-state index contributed by atoms with van der Waals surface area (Å²) >= 11 is 0. The molecule has 1 aliphatic rings. The smallest absolute Gasteiger partial charge is 0.261 e. The minimum absolute atomic E-state index is 0.0144. The Morgan fingerprint density at radius 2 is 1.82 bits per heavy atom. The van der Waals surface area contributed by atoms with Crippen LogP contribution in [-0.4, -0.2) is 38.9 Å². The summed E-state index contributed by atoms with van der Waals surface area (Å²) in [7, 11) is -2.27. The van der Waals surface area contributed by atoms with E-state index in [-0.39, 0.29) is 22.7 Å². The second kappa shape index (κ2) is 9.62. The Bertz CT molecular complexity index is 1230. The maximum absolute atomic E-state index is 13.5. The van der Waals surface area contributed by atoms with Crippen LogP contribution in [0, 0.1) is 5.82 Å². The summed E-state index contributed by atoms with van der Waals surface area (Å²) in [5, 5.41) is 0. The van der Waals surface area contributed by atoms with Crippen molar-refractivity contribution in [3.8, 4) is 5.75 Å². The normalized spacial score (nSPS) is 15.9. The van der Waals surface area contributed by atoms with Gasteiger partial charge < -0.3 is 9.64 Å². The van der Waals surface area contributed by atoms with E-state index in [1.807, 2.05) is 6.07 Å². The average molecular weight is 469 g/mol. The van der Waals surface area contributed by atoms with Crippen molar-refractivity contribution in [3.05, 3.63) is 89.7 Å². The maximum atomic E-state index is 13.5. The molecule has 172 valence electrons. The predicted molar refractivity (Wildman–Crippen MR) is 124 cm³/mol. The van der Waals surface area contributed by atoms with E-state index < -0.39 is 10.0 Å². The minimum atomic E-state index is -3.80. The number of carbonyl (C=O) groups excluding carboxylic acids is 1. The molecule has 4 rings (SSSR count). The summed E-state index contributed by atoms with van der Waals surface area (Å²) in [5.41, 5.74) is 1.68. The maximum Gasteiger partial charge on any atom is 0.261 e. The molecule has 0 spiro atoms. The zero-order chi connectivity index (χ0) is 23.4. The lowest BCUT2D eigenvalue weighted by molar-refractivity contribution is 0.0736. The molecule has 3 aromatic rings. The first-order chi connectivity index (χ1) is 15.9.